The van der Waals surface area contributed by atoms with Gasteiger partial charge < -0.3 is 4.90 Å². The molecule has 1 aromatic rings. The Balaban J connectivity index is 1.77. The van der Waals surface area contributed by atoms with Gasteiger partial charge in [-0.25, -0.2) is 0 Å². The molecule has 2 aliphatic heterocycles. The van der Waals surface area contributed by atoms with Crippen LogP contribution in [0.4, 0.5) is 0 Å². The van der Waals surface area contributed by atoms with Crippen LogP contribution in [0.3, 0.4) is 0 Å². The molecule has 1 amide bonds. The molecule has 1 fully saturated rings. The Morgan fingerprint density at radius 3 is 2.89 bits per heavy atom. The fourth-order valence-electron chi connectivity index (χ4n) is 2.05. The second kappa shape index (κ2) is 4.94. The maximum absolute atomic E-state index is 11.8. The summed E-state index contributed by atoms with van der Waals surface area (Å²) in [4.78, 5) is 22.9. The van der Waals surface area contributed by atoms with Crippen molar-refractivity contribution in [3.8, 4) is 0 Å². The lowest BCUT2D eigenvalue weighted by Crippen LogP contribution is -2.23. The highest BCUT2D eigenvalue weighted by atomic mass is 32.2. The number of pyridine rings is 1. The van der Waals surface area contributed by atoms with Gasteiger partial charge in [0.25, 0.3) is 5.91 Å². The highest BCUT2D eigenvalue weighted by Gasteiger charge is 2.27. The van der Waals surface area contributed by atoms with Crippen molar-refractivity contribution in [3.05, 3.63) is 35.0 Å². The van der Waals surface area contributed by atoms with E-state index in [0.29, 0.717) is 4.91 Å². The summed E-state index contributed by atoms with van der Waals surface area (Å²) < 4.78 is 0. The van der Waals surface area contributed by atoms with Crippen molar-refractivity contribution in [3.63, 3.8) is 0 Å². The van der Waals surface area contributed by atoms with Crippen LogP contribution in [0.25, 0.3) is 6.08 Å². The predicted octanol–water partition coefficient (Wildman–Crippen LogP) is 2.15. The van der Waals surface area contributed by atoms with Gasteiger partial charge in [-0.3, -0.25) is 9.78 Å². The third-order valence-electron chi connectivity index (χ3n) is 2.97. The van der Waals surface area contributed by atoms with Gasteiger partial charge in [-0.2, -0.15) is 4.99 Å². The number of thioether (sulfide) groups is 1. The van der Waals surface area contributed by atoms with Gasteiger partial charge in [0.15, 0.2) is 5.17 Å². The lowest BCUT2D eigenvalue weighted by Gasteiger charge is -2.14. The van der Waals surface area contributed by atoms with Crippen LogP contribution in [0, 0.1) is 0 Å². The van der Waals surface area contributed by atoms with Crippen LogP contribution >= 0.6 is 11.8 Å². The SMILES string of the molecule is O=C1N=C(N2CCCC2)S/C1=C\c1cccnc1. The number of nitrogens with zero attached hydrogens (tertiary/aromatic N) is 3. The molecule has 0 spiro atoms. The summed E-state index contributed by atoms with van der Waals surface area (Å²) in [7, 11) is 0. The largest absolute Gasteiger partial charge is 0.351 e. The highest BCUT2D eigenvalue weighted by molar-refractivity contribution is 8.18. The van der Waals surface area contributed by atoms with Crippen molar-refractivity contribution in [2.75, 3.05) is 13.1 Å². The molecule has 2 aliphatic rings. The summed E-state index contributed by atoms with van der Waals surface area (Å²) in [6, 6.07) is 3.79. The van der Waals surface area contributed by atoms with E-state index >= 15 is 0 Å². The van der Waals surface area contributed by atoms with E-state index in [0.717, 1.165) is 23.8 Å². The minimum absolute atomic E-state index is 0.134. The molecule has 4 nitrogen and oxygen atoms in total. The first-order valence-electron chi connectivity index (χ1n) is 6.00. The lowest BCUT2D eigenvalue weighted by molar-refractivity contribution is -0.113. The van der Waals surface area contributed by atoms with Gasteiger partial charge >= 0.3 is 0 Å². The molecule has 0 saturated carbocycles. The van der Waals surface area contributed by atoms with Gasteiger partial charge in [0.05, 0.1) is 4.91 Å². The molecular weight excluding hydrogens is 246 g/mol. The third-order valence-corrected chi connectivity index (χ3v) is 4.01. The normalized spacial score (nSPS) is 21.8. The maximum atomic E-state index is 11.8. The monoisotopic (exact) mass is 259 g/mol. The Bertz CT molecular complexity index is 518. The zero-order chi connectivity index (χ0) is 12.4. The van der Waals surface area contributed by atoms with Crippen LogP contribution in [0.15, 0.2) is 34.4 Å². The van der Waals surface area contributed by atoms with Crippen LogP contribution in [0.2, 0.25) is 0 Å². The molecule has 0 radical (unpaired) electrons. The van der Waals surface area contributed by atoms with Gasteiger partial charge in [0.2, 0.25) is 0 Å². The molecule has 1 aromatic heterocycles. The van der Waals surface area contributed by atoms with Gasteiger partial charge in [-0.15, -0.1) is 0 Å². The number of likely N-dealkylation sites (tertiary alicyclic amines) is 1. The molecule has 18 heavy (non-hydrogen) atoms. The fraction of sp³-hybridized carbons (Fsp3) is 0.308. The Kier molecular flexibility index (Phi) is 3.15. The Hall–Kier alpha value is -1.62. The molecule has 3 rings (SSSR count). The number of hydrogen-bond acceptors (Lipinski definition) is 4. The number of amidine groups is 1. The number of rotatable bonds is 1. The van der Waals surface area contributed by atoms with Gasteiger partial charge in [0, 0.05) is 25.5 Å². The van der Waals surface area contributed by atoms with Gasteiger partial charge in [0.1, 0.15) is 0 Å². The molecule has 0 N–H and O–H groups in total. The molecular formula is C13H13N3OS. The Labute approximate surface area is 110 Å². The lowest BCUT2D eigenvalue weighted by atomic mass is 10.2. The Morgan fingerprint density at radius 1 is 1.33 bits per heavy atom. The topological polar surface area (TPSA) is 45.6 Å². The molecule has 5 heteroatoms. The molecule has 3 heterocycles. The first kappa shape index (κ1) is 11.5. The summed E-state index contributed by atoms with van der Waals surface area (Å²) in [5.74, 6) is -0.134. The van der Waals surface area contributed by atoms with Crippen molar-refractivity contribution < 1.29 is 4.79 Å². The van der Waals surface area contributed by atoms with E-state index in [9.17, 15) is 4.79 Å². The minimum Gasteiger partial charge on any atom is -0.351 e. The van der Waals surface area contributed by atoms with Crippen molar-refractivity contribution in [2.45, 2.75) is 12.8 Å². The quantitative estimate of drug-likeness (QED) is 0.725. The third kappa shape index (κ3) is 2.31. The van der Waals surface area contributed by atoms with E-state index in [1.165, 1.54) is 24.6 Å². The van der Waals surface area contributed by atoms with E-state index in [2.05, 4.69) is 14.9 Å². The second-order valence-corrected chi connectivity index (χ2v) is 5.30. The molecule has 1 saturated heterocycles. The number of aromatic nitrogens is 1. The van der Waals surface area contributed by atoms with Crippen molar-refractivity contribution in [1.29, 1.82) is 0 Å². The van der Waals surface area contributed by atoms with Crippen LogP contribution in [-0.4, -0.2) is 34.0 Å². The molecule has 92 valence electrons. The van der Waals surface area contributed by atoms with Gasteiger partial charge in [-0.1, -0.05) is 6.07 Å². The number of hydrogen-bond donors (Lipinski definition) is 0. The van der Waals surface area contributed by atoms with Crippen molar-refractivity contribution in [1.82, 2.24) is 9.88 Å². The van der Waals surface area contributed by atoms with E-state index in [1.54, 1.807) is 12.4 Å². The molecule has 0 aliphatic carbocycles. The molecule has 0 bridgehead atoms. The van der Waals surface area contributed by atoms with E-state index in [1.807, 2.05) is 18.2 Å². The first-order chi connectivity index (χ1) is 8.83. The average Bonchev–Trinajstić information content (AvgIpc) is 3.01. The van der Waals surface area contributed by atoms with E-state index in [-0.39, 0.29) is 5.91 Å². The average molecular weight is 259 g/mol. The maximum Gasteiger partial charge on any atom is 0.286 e. The molecule has 0 unspecified atom stereocenters. The number of carbonyl (C=O) groups is 1. The zero-order valence-corrected chi connectivity index (χ0v) is 10.7. The highest BCUT2D eigenvalue weighted by Crippen LogP contribution is 2.31. The fourth-order valence-corrected chi connectivity index (χ4v) is 3.02. The molecule has 0 atom stereocenters. The Morgan fingerprint density at radius 2 is 2.17 bits per heavy atom. The minimum atomic E-state index is -0.134. The summed E-state index contributed by atoms with van der Waals surface area (Å²) in [6.45, 7) is 2.03. The van der Waals surface area contributed by atoms with E-state index < -0.39 is 0 Å². The summed E-state index contributed by atoms with van der Waals surface area (Å²) >= 11 is 1.47. The predicted molar refractivity (Wildman–Crippen MR) is 73.1 cm³/mol. The molecule has 0 aromatic carbocycles. The van der Waals surface area contributed by atoms with Crippen LogP contribution in [0.1, 0.15) is 18.4 Å². The van der Waals surface area contributed by atoms with Crippen LogP contribution in [0.5, 0.6) is 0 Å². The smallest absolute Gasteiger partial charge is 0.286 e. The van der Waals surface area contributed by atoms with Gasteiger partial charge in [-0.05, 0) is 42.3 Å². The zero-order valence-electron chi connectivity index (χ0n) is 9.87. The number of amides is 1. The standard InChI is InChI=1S/C13H13N3OS/c17-12-11(8-10-4-3-5-14-9-10)18-13(15-12)16-6-1-2-7-16/h3-5,8-9H,1-2,6-7H2/b11-8-. The van der Waals surface area contributed by atoms with Crippen molar-refractivity contribution in [2.24, 2.45) is 4.99 Å². The van der Waals surface area contributed by atoms with Crippen molar-refractivity contribution >= 4 is 28.9 Å². The summed E-state index contributed by atoms with van der Waals surface area (Å²) in [5, 5.41) is 0.854. The first-order valence-corrected chi connectivity index (χ1v) is 6.82. The summed E-state index contributed by atoms with van der Waals surface area (Å²) in [5.41, 5.74) is 0.936. The van der Waals surface area contributed by atoms with Crippen LogP contribution < -0.4 is 0 Å². The second-order valence-electron chi connectivity index (χ2n) is 4.29. The number of carbonyl (C=O) groups excluding carboxylic acids is 1. The summed E-state index contributed by atoms with van der Waals surface area (Å²) in [6.07, 6.45) is 7.70. The van der Waals surface area contributed by atoms with E-state index in [4.69, 9.17) is 0 Å². The van der Waals surface area contributed by atoms with Crippen LogP contribution in [-0.2, 0) is 4.79 Å². The number of aliphatic imine (C=N–C) groups is 1.